The van der Waals surface area contributed by atoms with E-state index < -0.39 is 0 Å². The number of aromatic nitrogens is 1. The van der Waals surface area contributed by atoms with E-state index in [0.717, 1.165) is 18.7 Å². The first-order valence-corrected chi connectivity index (χ1v) is 7.70. The number of thiazole rings is 1. The van der Waals surface area contributed by atoms with Crippen molar-refractivity contribution in [3.63, 3.8) is 0 Å². The van der Waals surface area contributed by atoms with Crippen molar-refractivity contribution >= 4 is 11.3 Å². The van der Waals surface area contributed by atoms with Gasteiger partial charge in [-0.2, -0.15) is 0 Å². The van der Waals surface area contributed by atoms with Crippen molar-refractivity contribution in [2.24, 2.45) is 0 Å². The highest BCUT2D eigenvalue weighted by atomic mass is 32.1. The molecule has 1 atom stereocenters. The summed E-state index contributed by atoms with van der Waals surface area (Å²) in [6.07, 6.45) is 1.04. The van der Waals surface area contributed by atoms with Crippen molar-refractivity contribution in [1.29, 1.82) is 0 Å². The maximum absolute atomic E-state index is 4.38. The van der Waals surface area contributed by atoms with Crippen LogP contribution >= 0.6 is 11.3 Å². The summed E-state index contributed by atoms with van der Waals surface area (Å²) in [5, 5.41) is 3.60. The predicted octanol–water partition coefficient (Wildman–Crippen LogP) is 3.96. The van der Waals surface area contributed by atoms with Crippen LogP contribution < -0.4 is 5.32 Å². The zero-order chi connectivity index (χ0) is 13.8. The van der Waals surface area contributed by atoms with Gasteiger partial charge in [-0.05, 0) is 50.4 Å². The van der Waals surface area contributed by atoms with Crippen LogP contribution in [0.5, 0.6) is 0 Å². The van der Waals surface area contributed by atoms with E-state index in [4.69, 9.17) is 0 Å². The Morgan fingerprint density at radius 1 is 1.21 bits per heavy atom. The smallest absolute Gasteiger partial charge is 0.0798 e. The number of rotatable bonds is 5. The Morgan fingerprint density at radius 2 is 1.89 bits per heavy atom. The molecule has 3 heteroatoms. The Hall–Kier alpha value is -1.19. The molecule has 0 saturated carbocycles. The molecule has 1 N–H and O–H groups in total. The number of hydrogen-bond donors (Lipinski definition) is 1. The van der Waals surface area contributed by atoms with E-state index in [-0.39, 0.29) is 0 Å². The molecule has 2 nitrogen and oxygen atoms in total. The van der Waals surface area contributed by atoms with Crippen LogP contribution in [0.4, 0.5) is 0 Å². The minimum Gasteiger partial charge on any atom is -0.309 e. The fourth-order valence-electron chi connectivity index (χ4n) is 2.52. The monoisotopic (exact) mass is 274 g/mol. The maximum atomic E-state index is 4.38. The second-order valence-corrected chi connectivity index (χ2v) is 5.87. The van der Waals surface area contributed by atoms with E-state index in [0.29, 0.717) is 6.04 Å². The molecule has 2 rings (SSSR count). The highest BCUT2D eigenvalue weighted by molar-refractivity contribution is 7.09. The zero-order valence-corrected chi connectivity index (χ0v) is 13.0. The molecule has 0 saturated heterocycles. The third-order valence-electron chi connectivity index (χ3n) is 3.60. The van der Waals surface area contributed by atoms with E-state index in [1.54, 1.807) is 11.3 Å². The Labute approximate surface area is 119 Å². The molecule has 0 aliphatic rings. The van der Waals surface area contributed by atoms with E-state index >= 15 is 0 Å². The predicted molar refractivity (Wildman–Crippen MR) is 82.9 cm³/mol. The van der Waals surface area contributed by atoms with E-state index in [1.165, 1.54) is 21.6 Å². The Kier molecular flexibility index (Phi) is 4.72. The van der Waals surface area contributed by atoms with Crippen LogP contribution in [-0.4, -0.2) is 11.5 Å². The summed E-state index contributed by atoms with van der Waals surface area (Å²) in [5.41, 5.74) is 7.32. The second-order valence-electron chi connectivity index (χ2n) is 4.99. The third kappa shape index (κ3) is 3.23. The van der Waals surface area contributed by atoms with Gasteiger partial charge in [0.2, 0.25) is 0 Å². The first-order valence-electron chi connectivity index (χ1n) is 6.82. The van der Waals surface area contributed by atoms with Gasteiger partial charge in [0.1, 0.15) is 0 Å². The Morgan fingerprint density at radius 3 is 2.42 bits per heavy atom. The van der Waals surface area contributed by atoms with Crippen LogP contribution in [0.1, 0.15) is 40.2 Å². The second kappa shape index (κ2) is 6.31. The zero-order valence-electron chi connectivity index (χ0n) is 12.2. The van der Waals surface area contributed by atoms with Crippen LogP contribution in [0.2, 0.25) is 0 Å². The summed E-state index contributed by atoms with van der Waals surface area (Å²) >= 11 is 1.75. The molecule has 0 amide bonds. The normalized spacial score (nSPS) is 12.6. The number of hydrogen-bond acceptors (Lipinski definition) is 3. The number of nitrogens with one attached hydrogen (secondary N) is 1. The Balaban J connectivity index is 2.29. The highest BCUT2D eigenvalue weighted by Crippen LogP contribution is 2.27. The molecule has 1 aromatic carbocycles. The number of benzene rings is 1. The highest BCUT2D eigenvalue weighted by Gasteiger charge is 2.17. The van der Waals surface area contributed by atoms with E-state index in [9.17, 15) is 0 Å². The lowest BCUT2D eigenvalue weighted by molar-refractivity contribution is 0.552. The van der Waals surface area contributed by atoms with Crippen molar-refractivity contribution in [3.05, 3.63) is 51.0 Å². The summed E-state index contributed by atoms with van der Waals surface area (Å²) < 4.78 is 0. The van der Waals surface area contributed by atoms with Crippen molar-refractivity contribution in [2.75, 3.05) is 6.54 Å². The number of aryl methyl sites for hydroxylation is 3. The van der Waals surface area contributed by atoms with Crippen molar-refractivity contribution in [2.45, 2.75) is 40.2 Å². The van der Waals surface area contributed by atoms with Gasteiger partial charge >= 0.3 is 0 Å². The van der Waals surface area contributed by atoms with E-state index in [1.807, 2.05) is 5.51 Å². The molecule has 1 unspecified atom stereocenters. The fourth-order valence-corrected chi connectivity index (χ4v) is 3.40. The molecule has 19 heavy (non-hydrogen) atoms. The summed E-state index contributed by atoms with van der Waals surface area (Å²) in [6, 6.07) is 6.90. The molecule has 0 aliphatic carbocycles. The van der Waals surface area contributed by atoms with Crippen LogP contribution in [0.3, 0.4) is 0 Å². The largest absolute Gasteiger partial charge is 0.309 e. The topological polar surface area (TPSA) is 24.9 Å². The average Bonchev–Trinajstić information content (AvgIpc) is 2.79. The molecule has 0 bridgehead atoms. The lowest BCUT2D eigenvalue weighted by atomic mass is 9.95. The SMILES string of the molecule is CCNC(Cc1c(C)cccc1C)c1scnc1C. The summed E-state index contributed by atoms with van der Waals surface area (Å²) in [7, 11) is 0. The molecule has 1 heterocycles. The maximum Gasteiger partial charge on any atom is 0.0798 e. The van der Waals surface area contributed by atoms with Gasteiger partial charge in [0.25, 0.3) is 0 Å². The average molecular weight is 274 g/mol. The molecule has 1 aromatic heterocycles. The van der Waals surface area contributed by atoms with Gasteiger partial charge in [-0.15, -0.1) is 11.3 Å². The third-order valence-corrected chi connectivity index (χ3v) is 4.65. The lowest BCUT2D eigenvalue weighted by Gasteiger charge is -2.20. The summed E-state index contributed by atoms with van der Waals surface area (Å²) in [4.78, 5) is 5.75. The van der Waals surface area contributed by atoms with E-state index in [2.05, 4.69) is 56.2 Å². The van der Waals surface area contributed by atoms with Crippen molar-refractivity contribution in [1.82, 2.24) is 10.3 Å². The summed E-state index contributed by atoms with van der Waals surface area (Å²) in [6.45, 7) is 9.64. The lowest BCUT2D eigenvalue weighted by Crippen LogP contribution is -2.23. The molecule has 0 radical (unpaired) electrons. The van der Waals surface area contributed by atoms with Gasteiger partial charge in [-0.25, -0.2) is 4.98 Å². The molecular weight excluding hydrogens is 252 g/mol. The molecule has 0 spiro atoms. The van der Waals surface area contributed by atoms with Crippen molar-refractivity contribution in [3.8, 4) is 0 Å². The van der Waals surface area contributed by atoms with Crippen molar-refractivity contribution < 1.29 is 0 Å². The van der Waals surface area contributed by atoms with Gasteiger partial charge in [0.05, 0.1) is 11.2 Å². The standard InChI is InChI=1S/C16H22N2S/c1-5-17-15(16-13(4)18-10-19-16)9-14-11(2)7-6-8-12(14)3/h6-8,10,15,17H,5,9H2,1-4H3. The van der Waals surface area contributed by atoms with Gasteiger partial charge in [0, 0.05) is 10.9 Å². The van der Waals surface area contributed by atoms with Gasteiger partial charge in [-0.3, -0.25) is 0 Å². The minimum absolute atomic E-state index is 0.372. The van der Waals surface area contributed by atoms with Gasteiger partial charge < -0.3 is 5.32 Å². The number of nitrogens with zero attached hydrogens (tertiary/aromatic N) is 1. The first-order chi connectivity index (χ1) is 9.13. The quantitative estimate of drug-likeness (QED) is 0.892. The molecule has 0 aliphatic heterocycles. The van der Waals surface area contributed by atoms with Gasteiger partial charge in [0.15, 0.2) is 0 Å². The molecule has 0 fully saturated rings. The van der Waals surface area contributed by atoms with Crippen LogP contribution in [0, 0.1) is 20.8 Å². The molecule has 102 valence electrons. The van der Waals surface area contributed by atoms with Crippen LogP contribution in [0.15, 0.2) is 23.7 Å². The van der Waals surface area contributed by atoms with Crippen LogP contribution in [0.25, 0.3) is 0 Å². The number of likely N-dealkylation sites (N-methyl/N-ethyl adjacent to an activating group) is 1. The summed E-state index contributed by atoms with van der Waals surface area (Å²) in [5.74, 6) is 0. The molecule has 2 aromatic rings. The minimum atomic E-state index is 0.372. The Bertz CT molecular complexity index is 525. The van der Waals surface area contributed by atoms with Gasteiger partial charge in [-0.1, -0.05) is 25.1 Å². The molecular formula is C16H22N2S. The first kappa shape index (κ1) is 14.2. The fraction of sp³-hybridized carbons (Fsp3) is 0.438. The van der Waals surface area contributed by atoms with Crippen LogP contribution in [-0.2, 0) is 6.42 Å².